The maximum atomic E-state index is 9.14. The summed E-state index contributed by atoms with van der Waals surface area (Å²) in [5.41, 5.74) is 3.03. The SMILES string of the molecule is C=CC(=O)[O-].C=CC(=O)[O-].c1ccc([CH2][Sn+2][CH2]c2ccccc2)cc1. The first-order valence-electron chi connectivity index (χ1n) is 7.45. The van der Waals surface area contributed by atoms with E-state index in [9.17, 15) is 0 Å². The first-order chi connectivity index (χ1) is 12.0. The van der Waals surface area contributed by atoms with E-state index in [0.29, 0.717) is 0 Å². The molecule has 0 N–H and O–H groups in total. The molecule has 0 atom stereocenters. The van der Waals surface area contributed by atoms with Crippen LogP contribution in [0.3, 0.4) is 0 Å². The molecule has 0 heterocycles. The van der Waals surface area contributed by atoms with Crippen LogP contribution < -0.4 is 10.2 Å². The number of hydrogen-bond donors (Lipinski definition) is 0. The van der Waals surface area contributed by atoms with E-state index in [1.165, 1.54) is 20.0 Å². The van der Waals surface area contributed by atoms with Crippen molar-refractivity contribution in [3.8, 4) is 0 Å². The quantitative estimate of drug-likeness (QED) is 0.492. The molecule has 0 aliphatic rings. The average Bonchev–Trinajstić information content (AvgIpc) is 2.64. The van der Waals surface area contributed by atoms with Gasteiger partial charge in [-0.15, -0.1) is 0 Å². The number of aliphatic carboxylic acids is 2. The standard InChI is InChI=1S/2C7H7.2C3H4O2.Sn/c2*1-7-5-3-2-4-6-7;2*1-2-3(4)5;/h2*2-6H,1H2;2*2H,1H2,(H,4,5);/q;;;;+2/p-2. The van der Waals surface area contributed by atoms with Crippen LogP contribution in [0, 0.1) is 0 Å². The minimum atomic E-state index is -1.23. The fourth-order valence-corrected chi connectivity index (χ4v) is 4.89. The summed E-state index contributed by atoms with van der Waals surface area (Å²) in [6.07, 6.45) is 1.44. The molecular formula is C20H20O4Sn. The van der Waals surface area contributed by atoms with E-state index in [-0.39, 0.29) is 21.1 Å². The van der Waals surface area contributed by atoms with E-state index < -0.39 is 11.9 Å². The topological polar surface area (TPSA) is 80.3 Å². The Kier molecular flexibility index (Phi) is 13.8. The van der Waals surface area contributed by atoms with Crippen LogP contribution in [0.2, 0.25) is 0 Å². The summed E-state index contributed by atoms with van der Waals surface area (Å²) in [7, 11) is 0. The molecule has 2 aromatic carbocycles. The third kappa shape index (κ3) is 15.0. The molecular weight excluding hydrogens is 423 g/mol. The van der Waals surface area contributed by atoms with Crippen molar-refractivity contribution < 1.29 is 19.8 Å². The van der Waals surface area contributed by atoms with Crippen LogP contribution in [-0.4, -0.2) is 33.1 Å². The number of benzene rings is 2. The second kappa shape index (κ2) is 15.2. The number of hydrogen-bond acceptors (Lipinski definition) is 4. The van der Waals surface area contributed by atoms with Crippen LogP contribution >= 0.6 is 0 Å². The molecule has 2 aromatic rings. The Bertz CT molecular complexity index is 582. The van der Waals surface area contributed by atoms with Crippen LogP contribution in [-0.2, 0) is 18.5 Å². The molecule has 4 nitrogen and oxygen atoms in total. The third-order valence-corrected chi connectivity index (χ3v) is 6.43. The Morgan fingerprint density at radius 1 is 0.760 bits per heavy atom. The predicted molar refractivity (Wildman–Crippen MR) is 96.5 cm³/mol. The zero-order chi connectivity index (χ0) is 18.9. The summed E-state index contributed by atoms with van der Waals surface area (Å²) in [5, 5.41) is 18.3. The number of rotatable bonds is 6. The molecule has 0 spiro atoms. The number of carbonyl (C=O) groups is 2. The van der Waals surface area contributed by atoms with Crippen molar-refractivity contribution in [1.29, 1.82) is 0 Å². The fourth-order valence-electron chi connectivity index (χ4n) is 1.54. The monoisotopic (exact) mass is 444 g/mol. The van der Waals surface area contributed by atoms with Crippen molar-refractivity contribution in [3.05, 3.63) is 97.1 Å². The number of carboxylic acid groups (broad SMARTS) is 2. The van der Waals surface area contributed by atoms with Crippen molar-refractivity contribution >= 4 is 33.1 Å². The van der Waals surface area contributed by atoms with Gasteiger partial charge in [-0.25, -0.2) is 0 Å². The second-order valence-electron chi connectivity index (χ2n) is 4.62. The number of carboxylic acids is 2. The van der Waals surface area contributed by atoms with Gasteiger partial charge in [0.1, 0.15) is 0 Å². The van der Waals surface area contributed by atoms with Crippen molar-refractivity contribution in [2.24, 2.45) is 0 Å². The maximum absolute atomic E-state index is 9.14. The van der Waals surface area contributed by atoms with Crippen molar-refractivity contribution in [1.82, 2.24) is 0 Å². The minimum absolute atomic E-state index is 0.258. The van der Waals surface area contributed by atoms with Gasteiger partial charge in [-0.05, 0) is 12.2 Å². The summed E-state index contributed by atoms with van der Waals surface area (Å²) in [6.45, 7) is 5.80. The third-order valence-electron chi connectivity index (χ3n) is 2.68. The second-order valence-corrected chi connectivity index (χ2v) is 8.07. The fraction of sp³-hybridized carbons (Fsp3) is 0.100. The van der Waals surface area contributed by atoms with Crippen LogP contribution in [0.1, 0.15) is 11.1 Å². The van der Waals surface area contributed by atoms with Gasteiger partial charge in [-0.1, -0.05) is 13.2 Å². The Balaban J connectivity index is 0.000000480. The van der Waals surface area contributed by atoms with Gasteiger partial charge in [-0.3, -0.25) is 0 Å². The van der Waals surface area contributed by atoms with Gasteiger partial charge in [-0.2, -0.15) is 0 Å². The zero-order valence-corrected chi connectivity index (χ0v) is 16.7. The van der Waals surface area contributed by atoms with Crippen LogP contribution in [0.5, 0.6) is 0 Å². The van der Waals surface area contributed by atoms with Gasteiger partial charge < -0.3 is 19.8 Å². The Morgan fingerprint density at radius 3 is 1.28 bits per heavy atom. The van der Waals surface area contributed by atoms with E-state index in [2.05, 4.69) is 73.8 Å². The van der Waals surface area contributed by atoms with Gasteiger partial charge >= 0.3 is 102 Å². The van der Waals surface area contributed by atoms with E-state index in [1.54, 1.807) is 0 Å². The molecule has 0 aromatic heterocycles. The van der Waals surface area contributed by atoms with Gasteiger partial charge in [0.25, 0.3) is 0 Å². The zero-order valence-electron chi connectivity index (χ0n) is 13.9. The predicted octanol–water partition coefficient (Wildman–Crippen LogP) is 0.936. The summed E-state index contributed by atoms with van der Waals surface area (Å²) < 4.78 is 2.69. The van der Waals surface area contributed by atoms with E-state index in [0.717, 1.165) is 12.2 Å². The Labute approximate surface area is 158 Å². The van der Waals surface area contributed by atoms with Gasteiger partial charge in [0, 0.05) is 0 Å². The molecule has 0 amide bonds. The molecule has 2 rings (SSSR count). The van der Waals surface area contributed by atoms with Crippen LogP contribution in [0.15, 0.2) is 86.0 Å². The van der Waals surface area contributed by atoms with Crippen LogP contribution in [0.4, 0.5) is 0 Å². The van der Waals surface area contributed by atoms with E-state index in [1.807, 2.05) is 0 Å². The summed E-state index contributed by atoms with van der Waals surface area (Å²) in [5.74, 6) is -2.46. The average molecular weight is 443 g/mol. The Hall–Kier alpha value is -2.34. The van der Waals surface area contributed by atoms with Crippen LogP contribution in [0.25, 0.3) is 0 Å². The summed E-state index contributed by atoms with van der Waals surface area (Å²) in [4.78, 5) is 18.3. The molecule has 5 heteroatoms. The van der Waals surface area contributed by atoms with Gasteiger partial charge in [0.15, 0.2) is 0 Å². The normalized spacial score (nSPS) is 8.32. The molecule has 0 saturated carbocycles. The molecule has 0 unspecified atom stereocenters. The van der Waals surface area contributed by atoms with Crippen molar-refractivity contribution in [2.45, 2.75) is 8.87 Å². The molecule has 0 bridgehead atoms. The summed E-state index contributed by atoms with van der Waals surface area (Å²) in [6, 6.07) is 21.7. The molecule has 0 radical (unpaired) electrons. The van der Waals surface area contributed by atoms with Crippen molar-refractivity contribution in [2.75, 3.05) is 0 Å². The molecule has 0 aliphatic carbocycles. The van der Waals surface area contributed by atoms with E-state index >= 15 is 0 Å². The molecule has 128 valence electrons. The Morgan fingerprint density at radius 2 is 1.04 bits per heavy atom. The van der Waals surface area contributed by atoms with Gasteiger partial charge in [0.05, 0.1) is 11.9 Å². The molecule has 25 heavy (non-hydrogen) atoms. The first-order valence-corrected chi connectivity index (χ1v) is 11.5. The molecule has 0 fully saturated rings. The molecule has 0 saturated heterocycles. The van der Waals surface area contributed by atoms with E-state index in [4.69, 9.17) is 19.8 Å². The number of carbonyl (C=O) groups excluding carboxylic acids is 2. The first kappa shape index (κ1) is 22.7. The van der Waals surface area contributed by atoms with Crippen molar-refractivity contribution in [3.63, 3.8) is 0 Å². The van der Waals surface area contributed by atoms with Gasteiger partial charge in [0.2, 0.25) is 0 Å². The summed E-state index contributed by atoms with van der Waals surface area (Å²) >= 11 is -0.258. The molecule has 0 aliphatic heterocycles.